The van der Waals surface area contributed by atoms with E-state index in [2.05, 4.69) is 20.8 Å². The molecule has 0 radical (unpaired) electrons. The second-order valence-corrected chi connectivity index (χ2v) is 8.52. The Balaban J connectivity index is 1.72. The molecular weight excluding hydrogens is 360 g/mol. The quantitative estimate of drug-likeness (QED) is 0.677. The van der Waals surface area contributed by atoms with Gasteiger partial charge in [-0.1, -0.05) is 18.1 Å². The van der Waals surface area contributed by atoms with Crippen molar-refractivity contribution in [2.24, 2.45) is 0 Å². The average molecular weight is 378 g/mol. The topological polar surface area (TPSA) is 89.2 Å². The van der Waals surface area contributed by atoms with E-state index in [4.69, 9.17) is 4.52 Å². The van der Waals surface area contributed by atoms with Crippen LogP contribution in [-0.4, -0.2) is 33.2 Å². The molecule has 1 aromatic carbocycles. The van der Waals surface area contributed by atoms with Gasteiger partial charge in [0.2, 0.25) is 10.0 Å². The zero-order chi connectivity index (χ0) is 17.4. The van der Waals surface area contributed by atoms with Crippen LogP contribution >= 0.6 is 11.7 Å². The summed E-state index contributed by atoms with van der Waals surface area (Å²) >= 11 is 1.02. The minimum absolute atomic E-state index is 0.211. The van der Waals surface area contributed by atoms with Gasteiger partial charge >= 0.3 is 0 Å². The highest BCUT2D eigenvalue weighted by atomic mass is 32.2. The summed E-state index contributed by atoms with van der Waals surface area (Å²) in [5, 5.41) is 4.12. The van der Waals surface area contributed by atoms with Gasteiger partial charge in [-0.05, 0) is 31.4 Å². The van der Waals surface area contributed by atoms with E-state index in [1.807, 2.05) is 6.07 Å². The van der Waals surface area contributed by atoms with Crippen molar-refractivity contribution >= 4 is 32.8 Å². The van der Waals surface area contributed by atoms with Crippen LogP contribution in [0.25, 0.3) is 11.0 Å². The summed E-state index contributed by atoms with van der Waals surface area (Å²) < 4.78 is 41.7. The van der Waals surface area contributed by atoms with E-state index in [0.717, 1.165) is 43.2 Å². The Labute approximate surface area is 150 Å². The van der Waals surface area contributed by atoms with Crippen molar-refractivity contribution < 1.29 is 12.9 Å². The monoisotopic (exact) mass is 378 g/mol. The van der Waals surface area contributed by atoms with E-state index < -0.39 is 10.0 Å². The van der Waals surface area contributed by atoms with Gasteiger partial charge in [-0.3, -0.25) is 0 Å². The first-order valence-corrected chi connectivity index (χ1v) is 10.5. The fourth-order valence-corrected chi connectivity index (χ4v) is 5.71. The van der Waals surface area contributed by atoms with Crippen LogP contribution in [-0.2, 0) is 16.4 Å². The maximum atomic E-state index is 13.3. The molecule has 1 aliphatic heterocycles. The number of sulfonamides is 1. The van der Waals surface area contributed by atoms with Crippen LogP contribution < -0.4 is 0 Å². The van der Waals surface area contributed by atoms with Gasteiger partial charge in [0, 0.05) is 19.0 Å². The third-order valence-corrected chi connectivity index (χ3v) is 6.94. The SMILES string of the molecule is CCCc1cc([C@H]2CCCN2S(=O)(=O)c2cccc3nsnc23)no1. The Morgan fingerprint density at radius 3 is 3.08 bits per heavy atom. The Bertz CT molecular complexity index is 996. The third kappa shape index (κ3) is 2.86. The largest absolute Gasteiger partial charge is 0.361 e. The van der Waals surface area contributed by atoms with Crippen molar-refractivity contribution in [3.8, 4) is 0 Å². The van der Waals surface area contributed by atoms with Crippen LogP contribution in [0.15, 0.2) is 33.7 Å². The summed E-state index contributed by atoms with van der Waals surface area (Å²) in [6.45, 7) is 2.54. The predicted molar refractivity (Wildman–Crippen MR) is 93.8 cm³/mol. The highest BCUT2D eigenvalue weighted by Gasteiger charge is 2.39. The van der Waals surface area contributed by atoms with Crippen LogP contribution in [0.5, 0.6) is 0 Å². The van der Waals surface area contributed by atoms with E-state index >= 15 is 0 Å². The number of aryl methyl sites for hydroxylation is 1. The lowest BCUT2D eigenvalue weighted by Crippen LogP contribution is -2.31. The lowest BCUT2D eigenvalue weighted by molar-refractivity contribution is 0.343. The highest BCUT2D eigenvalue weighted by molar-refractivity contribution is 7.89. The maximum Gasteiger partial charge on any atom is 0.245 e. The fraction of sp³-hybridized carbons (Fsp3) is 0.438. The lowest BCUT2D eigenvalue weighted by atomic mass is 10.1. The highest BCUT2D eigenvalue weighted by Crippen LogP contribution is 2.37. The first-order chi connectivity index (χ1) is 12.1. The number of rotatable bonds is 5. The zero-order valence-corrected chi connectivity index (χ0v) is 15.4. The molecular formula is C16H18N4O3S2. The van der Waals surface area contributed by atoms with E-state index in [1.54, 1.807) is 18.2 Å². The van der Waals surface area contributed by atoms with Gasteiger partial charge in [-0.15, -0.1) is 0 Å². The Kier molecular flexibility index (Phi) is 4.30. The lowest BCUT2D eigenvalue weighted by Gasteiger charge is -2.22. The number of benzene rings is 1. The molecule has 7 nitrogen and oxygen atoms in total. The first-order valence-electron chi connectivity index (χ1n) is 8.30. The van der Waals surface area contributed by atoms with Gasteiger partial charge < -0.3 is 4.52 Å². The molecule has 3 aromatic rings. The molecule has 0 aliphatic carbocycles. The molecule has 0 saturated carbocycles. The second-order valence-electron chi connectivity index (χ2n) is 6.13. The molecule has 0 unspecified atom stereocenters. The first kappa shape index (κ1) is 16.6. The van der Waals surface area contributed by atoms with E-state index in [0.29, 0.717) is 23.3 Å². The van der Waals surface area contributed by atoms with E-state index in [-0.39, 0.29) is 10.9 Å². The summed E-state index contributed by atoms with van der Waals surface area (Å²) in [5.41, 5.74) is 1.73. The van der Waals surface area contributed by atoms with E-state index in [9.17, 15) is 8.42 Å². The molecule has 4 rings (SSSR count). The third-order valence-electron chi connectivity index (χ3n) is 4.45. The molecule has 2 aromatic heterocycles. The van der Waals surface area contributed by atoms with Crippen molar-refractivity contribution in [1.29, 1.82) is 0 Å². The molecule has 0 N–H and O–H groups in total. The van der Waals surface area contributed by atoms with Gasteiger partial charge in [-0.25, -0.2) is 8.42 Å². The van der Waals surface area contributed by atoms with Crippen molar-refractivity contribution in [2.45, 2.75) is 43.5 Å². The van der Waals surface area contributed by atoms with Crippen LogP contribution in [0.2, 0.25) is 0 Å². The van der Waals surface area contributed by atoms with Gasteiger partial charge in [0.25, 0.3) is 0 Å². The number of hydrogen-bond acceptors (Lipinski definition) is 7. The van der Waals surface area contributed by atoms with Gasteiger partial charge in [-0.2, -0.15) is 13.1 Å². The number of hydrogen-bond donors (Lipinski definition) is 0. The fourth-order valence-electron chi connectivity index (χ4n) is 3.29. The molecule has 1 atom stereocenters. The molecule has 0 bridgehead atoms. The summed E-state index contributed by atoms with van der Waals surface area (Å²) in [4.78, 5) is 0.211. The predicted octanol–water partition coefficient (Wildman–Crippen LogP) is 3.16. The molecule has 1 fully saturated rings. The molecule has 9 heteroatoms. The van der Waals surface area contributed by atoms with Crippen LogP contribution in [0.3, 0.4) is 0 Å². The Morgan fingerprint density at radius 1 is 1.36 bits per heavy atom. The minimum atomic E-state index is -3.68. The van der Waals surface area contributed by atoms with Gasteiger partial charge in [0.05, 0.1) is 17.8 Å². The van der Waals surface area contributed by atoms with Gasteiger partial charge in [0.1, 0.15) is 27.4 Å². The smallest absolute Gasteiger partial charge is 0.245 e. The number of fused-ring (bicyclic) bond motifs is 1. The Hall–Kier alpha value is -1.84. The summed E-state index contributed by atoms with van der Waals surface area (Å²) in [6, 6.07) is 6.67. The second kappa shape index (κ2) is 6.47. The molecule has 1 aliphatic rings. The normalized spacial score (nSPS) is 19.0. The molecule has 1 saturated heterocycles. The Morgan fingerprint density at radius 2 is 2.24 bits per heavy atom. The zero-order valence-electron chi connectivity index (χ0n) is 13.8. The van der Waals surface area contributed by atoms with Crippen LogP contribution in [0.1, 0.15) is 43.7 Å². The summed E-state index contributed by atoms with van der Waals surface area (Å²) in [7, 11) is -3.68. The molecule has 25 heavy (non-hydrogen) atoms. The van der Waals surface area contributed by atoms with Crippen molar-refractivity contribution in [2.75, 3.05) is 6.54 Å². The molecule has 0 amide bonds. The average Bonchev–Trinajstić information content (AvgIpc) is 3.33. The van der Waals surface area contributed by atoms with Gasteiger partial charge in [0.15, 0.2) is 0 Å². The maximum absolute atomic E-state index is 13.3. The van der Waals surface area contributed by atoms with Crippen LogP contribution in [0.4, 0.5) is 0 Å². The summed E-state index contributed by atoms with van der Waals surface area (Å²) in [6.07, 6.45) is 3.30. The minimum Gasteiger partial charge on any atom is -0.361 e. The number of nitrogens with zero attached hydrogens (tertiary/aromatic N) is 4. The molecule has 3 heterocycles. The number of aromatic nitrogens is 3. The van der Waals surface area contributed by atoms with E-state index in [1.165, 1.54) is 4.31 Å². The standard InChI is InChI=1S/C16H18N4O3S2/c1-2-5-11-10-13(17-23-11)14-7-4-9-20(14)25(21,22)15-8-3-6-12-16(15)19-24-18-12/h3,6,8,10,14H,2,4-5,7,9H2,1H3/t14-/m1/s1. The summed E-state index contributed by atoms with van der Waals surface area (Å²) in [5.74, 6) is 0.799. The van der Waals surface area contributed by atoms with Crippen LogP contribution in [0, 0.1) is 0 Å². The molecule has 0 spiro atoms. The van der Waals surface area contributed by atoms with Crippen molar-refractivity contribution in [3.05, 3.63) is 35.7 Å². The van der Waals surface area contributed by atoms with Crippen molar-refractivity contribution in [1.82, 2.24) is 18.2 Å². The van der Waals surface area contributed by atoms with Crippen molar-refractivity contribution in [3.63, 3.8) is 0 Å². The molecule has 132 valence electrons.